The third-order valence-electron chi connectivity index (χ3n) is 3.11. The molecule has 2 N–H and O–H groups in total. The summed E-state index contributed by atoms with van der Waals surface area (Å²) in [6, 6.07) is 0. The van der Waals surface area contributed by atoms with Crippen molar-refractivity contribution in [2.75, 3.05) is 0 Å². The predicted molar refractivity (Wildman–Crippen MR) is 42.7 cm³/mol. The molecule has 14 heteroatoms. The van der Waals surface area contributed by atoms with Crippen LogP contribution in [0.4, 0.5) is 43.9 Å². The summed E-state index contributed by atoms with van der Waals surface area (Å²) >= 11 is 0. The zero-order chi connectivity index (χ0) is 18.2. The van der Waals surface area contributed by atoms with Crippen LogP contribution in [0.2, 0.25) is 0 Å². The Balaban J connectivity index is 4.07. The van der Waals surface area contributed by atoms with Crippen molar-refractivity contribution in [1.29, 1.82) is 0 Å². The summed E-state index contributed by atoms with van der Waals surface area (Å²) in [6.45, 7) is 0. The summed E-state index contributed by atoms with van der Waals surface area (Å²) in [4.78, 5) is 20.7. The summed E-state index contributed by atoms with van der Waals surface area (Å²) < 4.78 is 132. The molecular weight excluding hydrogens is 350 g/mol. The van der Waals surface area contributed by atoms with Crippen LogP contribution in [0.15, 0.2) is 0 Å². The van der Waals surface area contributed by atoms with Gasteiger partial charge in [-0.25, -0.2) is 18.4 Å². The molecule has 0 spiro atoms. The van der Waals surface area contributed by atoms with E-state index >= 15 is 0 Å². The zero-order valence-electron chi connectivity index (χ0n) is 9.49. The first-order valence-corrected chi connectivity index (χ1v) is 4.75. The Bertz CT molecular complexity index is 497. The average Bonchev–Trinajstić information content (AvgIpc) is 2.33. The lowest BCUT2D eigenvalue weighted by Gasteiger charge is -2.52. The maximum atomic E-state index is 13.7. The highest BCUT2D eigenvalue weighted by atomic mass is 19.4. The molecule has 0 radical (unpaired) electrons. The van der Waals surface area contributed by atoms with Crippen molar-refractivity contribution in [2.24, 2.45) is 0 Å². The van der Waals surface area contributed by atoms with Crippen molar-refractivity contribution in [3.05, 3.63) is 0 Å². The van der Waals surface area contributed by atoms with Crippen LogP contribution in [0.1, 0.15) is 0 Å². The minimum atomic E-state index is -7.41. The van der Waals surface area contributed by atoms with E-state index in [0.29, 0.717) is 0 Å². The Hall–Kier alpha value is -1.76. The predicted octanol–water partition coefficient (Wildman–Crippen LogP) is 2.13. The fourth-order valence-electron chi connectivity index (χ4n) is 1.82. The van der Waals surface area contributed by atoms with E-state index in [9.17, 15) is 53.5 Å². The Morgan fingerprint density at radius 1 is 0.500 bits per heavy atom. The van der Waals surface area contributed by atoms with E-state index in [1.54, 1.807) is 0 Å². The van der Waals surface area contributed by atoms with Gasteiger partial charge in [-0.1, -0.05) is 0 Å². The van der Waals surface area contributed by atoms with Crippen LogP contribution in [0.25, 0.3) is 0 Å². The molecular formula is C8H2F10O4. The van der Waals surface area contributed by atoms with E-state index < -0.39 is 47.0 Å². The highest BCUT2D eigenvalue weighted by molar-refractivity contribution is 5.94. The van der Waals surface area contributed by atoms with Gasteiger partial charge in [-0.05, 0) is 0 Å². The molecule has 0 amide bonds. The fourth-order valence-corrected chi connectivity index (χ4v) is 1.82. The van der Waals surface area contributed by atoms with Gasteiger partial charge in [0, 0.05) is 0 Å². The van der Waals surface area contributed by atoms with Gasteiger partial charge in [0.2, 0.25) is 0 Å². The first-order chi connectivity index (χ1) is 9.39. The van der Waals surface area contributed by atoms with Crippen LogP contribution in [-0.2, 0) is 9.59 Å². The molecule has 0 aliphatic heterocycles. The number of hydrogen-bond donors (Lipinski definition) is 2. The quantitative estimate of drug-likeness (QED) is 0.747. The van der Waals surface area contributed by atoms with E-state index in [1.807, 2.05) is 0 Å². The molecule has 128 valence electrons. The van der Waals surface area contributed by atoms with Crippen molar-refractivity contribution in [3.63, 3.8) is 0 Å². The molecule has 4 nitrogen and oxygen atoms in total. The van der Waals surface area contributed by atoms with Crippen molar-refractivity contribution in [3.8, 4) is 0 Å². The molecule has 1 aliphatic rings. The van der Waals surface area contributed by atoms with E-state index in [2.05, 4.69) is 0 Å². The van der Waals surface area contributed by atoms with Gasteiger partial charge in [-0.15, -0.1) is 0 Å². The van der Waals surface area contributed by atoms with Crippen LogP contribution >= 0.6 is 0 Å². The Morgan fingerprint density at radius 3 is 0.818 bits per heavy atom. The summed E-state index contributed by atoms with van der Waals surface area (Å²) in [6.07, 6.45) is 0. The van der Waals surface area contributed by atoms with E-state index in [1.165, 1.54) is 0 Å². The molecule has 2 atom stereocenters. The SMILES string of the molecule is O=C(O)C1(F)C(F)(F)C(F)(F)C(F)(F)C(F)(F)C1(F)C(=O)O. The van der Waals surface area contributed by atoms with Crippen molar-refractivity contribution in [2.45, 2.75) is 35.0 Å². The normalized spacial score (nSPS) is 38.3. The molecule has 0 aromatic heterocycles. The maximum absolute atomic E-state index is 13.7. The Morgan fingerprint density at radius 2 is 0.682 bits per heavy atom. The summed E-state index contributed by atoms with van der Waals surface area (Å²) in [5.41, 5.74) is -13.8. The molecule has 0 aromatic carbocycles. The van der Waals surface area contributed by atoms with Crippen LogP contribution in [-0.4, -0.2) is 57.2 Å². The second kappa shape index (κ2) is 3.95. The Kier molecular flexibility index (Phi) is 3.29. The lowest BCUT2D eigenvalue weighted by molar-refractivity contribution is -0.451. The van der Waals surface area contributed by atoms with E-state index in [0.717, 1.165) is 0 Å². The molecule has 0 saturated heterocycles. The summed E-state index contributed by atoms with van der Waals surface area (Å²) in [5.74, 6) is -37.7. The van der Waals surface area contributed by atoms with Crippen molar-refractivity contribution >= 4 is 11.9 Å². The molecule has 2 unspecified atom stereocenters. The van der Waals surface area contributed by atoms with Gasteiger partial charge >= 0.3 is 47.0 Å². The van der Waals surface area contributed by atoms with Crippen LogP contribution in [0.3, 0.4) is 0 Å². The van der Waals surface area contributed by atoms with Crippen LogP contribution < -0.4 is 0 Å². The molecule has 1 saturated carbocycles. The molecule has 1 aliphatic carbocycles. The fraction of sp³-hybridized carbons (Fsp3) is 0.750. The third-order valence-corrected chi connectivity index (χ3v) is 3.11. The highest BCUT2D eigenvalue weighted by Crippen LogP contribution is 2.68. The number of carbonyl (C=O) groups is 2. The summed E-state index contributed by atoms with van der Waals surface area (Å²) in [7, 11) is 0. The van der Waals surface area contributed by atoms with Crippen molar-refractivity contribution in [1.82, 2.24) is 0 Å². The van der Waals surface area contributed by atoms with E-state index in [-0.39, 0.29) is 0 Å². The van der Waals surface area contributed by atoms with Gasteiger partial charge in [-0.3, -0.25) is 0 Å². The van der Waals surface area contributed by atoms with Gasteiger partial charge in [0.25, 0.3) is 0 Å². The number of alkyl halides is 10. The largest absolute Gasteiger partial charge is 0.479 e. The molecule has 22 heavy (non-hydrogen) atoms. The van der Waals surface area contributed by atoms with Gasteiger partial charge in [0.1, 0.15) is 0 Å². The third kappa shape index (κ3) is 1.31. The standard InChI is InChI=1S/C8H2F10O4/c9-3(1(19)20)4(10,2(21)22)6(13,14)8(17,18)7(15,16)5(3,11)12/h(H,19,20)(H,21,22). The topological polar surface area (TPSA) is 74.6 Å². The number of carboxylic acids is 2. The monoisotopic (exact) mass is 352 g/mol. The molecule has 1 rings (SSSR count). The molecule has 1 fully saturated rings. The summed E-state index contributed by atoms with van der Waals surface area (Å²) in [5, 5.41) is 16.2. The van der Waals surface area contributed by atoms with Gasteiger partial charge in [0.15, 0.2) is 0 Å². The second-order valence-electron chi connectivity index (χ2n) is 4.22. The van der Waals surface area contributed by atoms with Gasteiger partial charge < -0.3 is 10.2 Å². The minimum Gasteiger partial charge on any atom is -0.479 e. The minimum absolute atomic E-state index is 4.13. The zero-order valence-corrected chi connectivity index (χ0v) is 9.49. The first-order valence-electron chi connectivity index (χ1n) is 4.75. The maximum Gasteiger partial charge on any atom is 0.382 e. The Labute approximate surface area is 112 Å². The lowest BCUT2D eigenvalue weighted by Crippen LogP contribution is -2.88. The number of rotatable bonds is 2. The smallest absolute Gasteiger partial charge is 0.382 e. The average molecular weight is 352 g/mol. The molecule has 0 heterocycles. The second-order valence-corrected chi connectivity index (χ2v) is 4.22. The van der Waals surface area contributed by atoms with Crippen molar-refractivity contribution < 1.29 is 63.7 Å². The molecule has 0 aromatic rings. The van der Waals surface area contributed by atoms with Gasteiger partial charge in [0.05, 0.1) is 0 Å². The lowest BCUT2D eigenvalue weighted by atomic mass is 9.65. The number of halogens is 10. The first kappa shape index (κ1) is 18.3. The van der Waals surface area contributed by atoms with Crippen LogP contribution in [0, 0.1) is 0 Å². The van der Waals surface area contributed by atoms with Gasteiger partial charge in [-0.2, -0.15) is 35.1 Å². The number of aliphatic carboxylic acids is 2. The molecule has 0 bridgehead atoms. The van der Waals surface area contributed by atoms with E-state index in [4.69, 9.17) is 10.2 Å². The van der Waals surface area contributed by atoms with Crippen LogP contribution in [0.5, 0.6) is 0 Å². The number of hydrogen-bond acceptors (Lipinski definition) is 2. The highest BCUT2D eigenvalue weighted by Gasteiger charge is 3.04. The number of carboxylic acid groups (broad SMARTS) is 2.